The van der Waals surface area contributed by atoms with Gasteiger partial charge in [0.05, 0.1) is 6.54 Å². The number of rotatable bonds is 3. The van der Waals surface area contributed by atoms with Crippen molar-refractivity contribution in [1.29, 1.82) is 0 Å². The van der Waals surface area contributed by atoms with Crippen LogP contribution < -0.4 is 10.6 Å². The summed E-state index contributed by atoms with van der Waals surface area (Å²) >= 11 is 5.49. The van der Waals surface area contributed by atoms with Crippen LogP contribution in [0.2, 0.25) is 0 Å². The van der Waals surface area contributed by atoms with Gasteiger partial charge in [0, 0.05) is 19.0 Å². The molecule has 0 atom stereocenters. The van der Waals surface area contributed by atoms with Crippen molar-refractivity contribution in [1.82, 2.24) is 10.6 Å². The van der Waals surface area contributed by atoms with E-state index in [1.54, 1.807) is 0 Å². The number of guanidine groups is 1. The maximum absolute atomic E-state index is 5.49. The molecular formula is C6H12ClN3. The second-order valence-corrected chi connectivity index (χ2v) is 2.50. The highest BCUT2D eigenvalue weighted by Gasteiger charge is 2.01. The Morgan fingerprint density at radius 2 is 2.60 bits per heavy atom. The van der Waals surface area contributed by atoms with E-state index < -0.39 is 0 Å². The Balaban J connectivity index is 2.01. The summed E-state index contributed by atoms with van der Waals surface area (Å²) in [4.78, 5) is 4.16. The lowest BCUT2D eigenvalue weighted by atomic mass is 10.5. The molecule has 2 N–H and O–H groups in total. The fraction of sp³-hybridized carbons (Fsp3) is 0.833. The maximum atomic E-state index is 5.49. The first-order chi connectivity index (χ1) is 4.93. The fourth-order valence-electron chi connectivity index (χ4n) is 0.790. The van der Waals surface area contributed by atoms with E-state index in [4.69, 9.17) is 11.6 Å². The zero-order valence-corrected chi connectivity index (χ0v) is 6.62. The average molecular weight is 162 g/mol. The Bertz CT molecular complexity index is 124. The molecule has 0 radical (unpaired) electrons. The summed E-state index contributed by atoms with van der Waals surface area (Å²) in [5, 5.41) is 6.25. The van der Waals surface area contributed by atoms with E-state index in [0.717, 1.165) is 32.0 Å². The molecule has 0 aromatic heterocycles. The van der Waals surface area contributed by atoms with Gasteiger partial charge < -0.3 is 10.6 Å². The number of alkyl halides is 1. The Kier molecular flexibility index (Phi) is 3.36. The molecule has 10 heavy (non-hydrogen) atoms. The van der Waals surface area contributed by atoms with Crippen LogP contribution in [0.1, 0.15) is 6.42 Å². The SMILES string of the molecule is ClCCCNC1=NCCN1. The molecule has 0 unspecified atom stereocenters. The zero-order chi connectivity index (χ0) is 7.23. The van der Waals surface area contributed by atoms with Crippen LogP contribution in [0.4, 0.5) is 0 Å². The standard InChI is InChI=1S/C6H12ClN3/c7-2-1-3-8-6-9-4-5-10-6/h1-5H2,(H2,8,9,10). The highest BCUT2D eigenvalue weighted by Crippen LogP contribution is 1.84. The third-order valence-electron chi connectivity index (χ3n) is 1.28. The second-order valence-electron chi connectivity index (χ2n) is 2.13. The van der Waals surface area contributed by atoms with Crippen molar-refractivity contribution in [2.75, 3.05) is 25.5 Å². The summed E-state index contributed by atoms with van der Waals surface area (Å²) in [5.74, 6) is 1.63. The summed E-state index contributed by atoms with van der Waals surface area (Å²) in [6, 6.07) is 0. The molecule has 58 valence electrons. The van der Waals surface area contributed by atoms with Gasteiger partial charge in [0.2, 0.25) is 0 Å². The molecule has 0 spiro atoms. The van der Waals surface area contributed by atoms with Crippen LogP contribution in [-0.4, -0.2) is 31.5 Å². The van der Waals surface area contributed by atoms with Crippen molar-refractivity contribution in [2.45, 2.75) is 6.42 Å². The molecule has 1 aliphatic rings. The highest BCUT2D eigenvalue weighted by molar-refractivity contribution is 6.17. The number of nitrogens with zero attached hydrogens (tertiary/aromatic N) is 1. The van der Waals surface area contributed by atoms with E-state index in [2.05, 4.69) is 15.6 Å². The lowest BCUT2D eigenvalue weighted by Gasteiger charge is -2.03. The molecule has 1 rings (SSSR count). The van der Waals surface area contributed by atoms with Crippen LogP contribution in [-0.2, 0) is 0 Å². The summed E-state index contributed by atoms with van der Waals surface area (Å²) in [6.07, 6.45) is 0.988. The summed E-state index contributed by atoms with van der Waals surface area (Å²) in [6.45, 7) is 2.77. The predicted octanol–water partition coefficient (Wildman–Crippen LogP) is 0.164. The van der Waals surface area contributed by atoms with Gasteiger partial charge in [-0.15, -0.1) is 11.6 Å². The van der Waals surface area contributed by atoms with E-state index in [1.165, 1.54) is 0 Å². The van der Waals surface area contributed by atoms with Crippen molar-refractivity contribution >= 4 is 17.6 Å². The van der Waals surface area contributed by atoms with Gasteiger partial charge in [-0.05, 0) is 6.42 Å². The van der Waals surface area contributed by atoms with Crippen molar-refractivity contribution in [3.63, 3.8) is 0 Å². The maximum Gasteiger partial charge on any atom is 0.191 e. The van der Waals surface area contributed by atoms with E-state index in [1.807, 2.05) is 0 Å². The second kappa shape index (κ2) is 4.39. The van der Waals surface area contributed by atoms with Gasteiger partial charge in [-0.1, -0.05) is 0 Å². The molecular weight excluding hydrogens is 150 g/mol. The first-order valence-electron chi connectivity index (χ1n) is 3.51. The molecule has 0 amide bonds. The van der Waals surface area contributed by atoms with E-state index in [-0.39, 0.29) is 0 Å². The number of hydrogen-bond acceptors (Lipinski definition) is 3. The van der Waals surface area contributed by atoms with Gasteiger partial charge in [-0.25, -0.2) is 0 Å². The molecule has 4 heteroatoms. The highest BCUT2D eigenvalue weighted by atomic mass is 35.5. The molecule has 0 aliphatic carbocycles. The van der Waals surface area contributed by atoms with Gasteiger partial charge in [0.15, 0.2) is 5.96 Å². The predicted molar refractivity (Wildman–Crippen MR) is 43.6 cm³/mol. The van der Waals surface area contributed by atoms with E-state index >= 15 is 0 Å². The molecule has 0 aromatic rings. The quantitative estimate of drug-likeness (QED) is 0.457. The Morgan fingerprint density at radius 3 is 3.20 bits per heavy atom. The smallest absolute Gasteiger partial charge is 0.191 e. The molecule has 0 bridgehead atoms. The van der Waals surface area contributed by atoms with Gasteiger partial charge in [-0.2, -0.15) is 0 Å². The Hall–Kier alpha value is -0.440. The van der Waals surface area contributed by atoms with E-state index in [0.29, 0.717) is 5.88 Å². The lowest BCUT2D eigenvalue weighted by molar-refractivity contribution is 0.820. The minimum absolute atomic E-state index is 0.709. The fourth-order valence-corrected chi connectivity index (χ4v) is 0.924. The number of nitrogens with one attached hydrogen (secondary N) is 2. The minimum atomic E-state index is 0.709. The summed E-state index contributed by atoms with van der Waals surface area (Å²) < 4.78 is 0. The van der Waals surface area contributed by atoms with Crippen LogP contribution in [0.25, 0.3) is 0 Å². The Morgan fingerprint density at radius 1 is 1.70 bits per heavy atom. The summed E-state index contributed by atoms with van der Waals surface area (Å²) in [5.41, 5.74) is 0. The Labute approximate surface area is 65.9 Å². The van der Waals surface area contributed by atoms with Crippen molar-refractivity contribution in [2.24, 2.45) is 4.99 Å². The topological polar surface area (TPSA) is 36.4 Å². The molecule has 1 aliphatic heterocycles. The third-order valence-corrected chi connectivity index (χ3v) is 1.54. The molecule has 3 nitrogen and oxygen atoms in total. The van der Waals surface area contributed by atoms with Crippen molar-refractivity contribution in [3.05, 3.63) is 0 Å². The first-order valence-corrected chi connectivity index (χ1v) is 4.05. The van der Waals surface area contributed by atoms with Gasteiger partial charge >= 0.3 is 0 Å². The molecule has 0 aromatic carbocycles. The average Bonchev–Trinajstić information content (AvgIpc) is 2.41. The molecule has 0 fully saturated rings. The number of aliphatic imine (C=N–C) groups is 1. The molecule has 1 heterocycles. The number of halogens is 1. The lowest BCUT2D eigenvalue weighted by Crippen LogP contribution is -2.34. The minimum Gasteiger partial charge on any atom is -0.356 e. The molecule has 0 saturated carbocycles. The van der Waals surface area contributed by atoms with Crippen molar-refractivity contribution < 1.29 is 0 Å². The number of hydrogen-bond donors (Lipinski definition) is 2. The largest absolute Gasteiger partial charge is 0.356 e. The van der Waals surface area contributed by atoms with Crippen LogP contribution >= 0.6 is 11.6 Å². The van der Waals surface area contributed by atoms with Crippen LogP contribution in [0.5, 0.6) is 0 Å². The van der Waals surface area contributed by atoms with Crippen LogP contribution in [0.15, 0.2) is 4.99 Å². The van der Waals surface area contributed by atoms with Crippen molar-refractivity contribution in [3.8, 4) is 0 Å². The molecule has 0 saturated heterocycles. The van der Waals surface area contributed by atoms with Gasteiger partial charge in [0.1, 0.15) is 0 Å². The normalized spacial score (nSPS) is 16.3. The van der Waals surface area contributed by atoms with E-state index in [9.17, 15) is 0 Å². The van der Waals surface area contributed by atoms with Crippen LogP contribution in [0.3, 0.4) is 0 Å². The third kappa shape index (κ3) is 2.43. The van der Waals surface area contributed by atoms with Gasteiger partial charge in [-0.3, -0.25) is 4.99 Å². The first kappa shape index (κ1) is 7.66. The van der Waals surface area contributed by atoms with Crippen LogP contribution in [0, 0.1) is 0 Å². The zero-order valence-electron chi connectivity index (χ0n) is 5.86. The summed E-state index contributed by atoms with van der Waals surface area (Å²) in [7, 11) is 0. The monoisotopic (exact) mass is 161 g/mol. The van der Waals surface area contributed by atoms with Gasteiger partial charge in [0.25, 0.3) is 0 Å².